The Morgan fingerprint density at radius 2 is 1.89 bits per heavy atom. The van der Waals surface area contributed by atoms with Gasteiger partial charge in [-0.05, 0) is 37.3 Å². The number of halogens is 4. The molecule has 1 heterocycles. The van der Waals surface area contributed by atoms with Gasteiger partial charge in [-0.3, -0.25) is 0 Å². The van der Waals surface area contributed by atoms with Gasteiger partial charge >= 0.3 is 12.1 Å². The molecular formula is C19H10ClF3N2O2S. The molecule has 0 aliphatic carbocycles. The van der Waals surface area contributed by atoms with Crippen LogP contribution in [0.5, 0.6) is 5.75 Å². The normalized spacial score (nSPS) is 11.1. The average Bonchev–Trinajstić information content (AvgIpc) is 3.04. The van der Waals surface area contributed by atoms with Crippen molar-refractivity contribution in [3.8, 4) is 22.4 Å². The third-order valence-electron chi connectivity index (χ3n) is 3.70. The quantitative estimate of drug-likeness (QED) is 0.390. The lowest BCUT2D eigenvalue weighted by atomic mass is 10.1. The molecule has 0 aliphatic rings. The maximum Gasteiger partial charge on any atom is 0.416 e. The van der Waals surface area contributed by atoms with Crippen molar-refractivity contribution in [2.45, 2.75) is 13.1 Å². The molecule has 3 rings (SSSR count). The number of rotatable bonds is 3. The number of benzene rings is 2. The summed E-state index contributed by atoms with van der Waals surface area (Å²) >= 11 is 7.00. The summed E-state index contributed by atoms with van der Waals surface area (Å²) in [5, 5.41) is 9.34. The van der Waals surface area contributed by atoms with Gasteiger partial charge in [-0.25, -0.2) is 9.78 Å². The van der Waals surface area contributed by atoms with E-state index in [-0.39, 0.29) is 15.6 Å². The van der Waals surface area contributed by atoms with Crippen molar-refractivity contribution in [1.29, 1.82) is 5.26 Å². The lowest BCUT2D eigenvalue weighted by Crippen LogP contribution is -2.08. The average molecular weight is 423 g/mol. The van der Waals surface area contributed by atoms with Crippen LogP contribution in [0.2, 0.25) is 5.02 Å². The smallest absolute Gasteiger partial charge is 0.416 e. The molecule has 0 atom stereocenters. The van der Waals surface area contributed by atoms with Crippen molar-refractivity contribution >= 4 is 28.9 Å². The molecule has 0 saturated carbocycles. The Bertz CT molecular complexity index is 1090. The second-order valence-corrected chi connectivity index (χ2v) is 7.06. The molecule has 0 radical (unpaired) electrons. The van der Waals surface area contributed by atoms with E-state index in [0.29, 0.717) is 21.8 Å². The fourth-order valence-corrected chi connectivity index (χ4v) is 3.48. The predicted molar refractivity (Wildman–Crippen MR) is 98.4 cm³/mol. The Morgan fingerprint density at radius 3 is 2.46 bits per heavy atom. The van der Waals surface area contributed by atoms with Gasteiger partial charge in [0.25, 0.3) is 0 Å². The monoisotopic (exact) mass is 422 g/mol. The molecule has 0 spiro atoms. The SMILES string of the molecule is Cc1nc(-c2ccc(C(F)(F)F)cc2)sc1C(=O)Oc1ccc(C#N)cc1Cl. The molecule has 0 bridgehead atoms. The number of alkyl halides is 3. The molecule has 0 amide bonds. The molecule has 0 saturated heterocycles. The number of aryl methyl sites for hydroxylation is 1. The van der Waals surface area contributed by atoms with E-state index in [9.17, 15) is 18.0 Å². The number of aromatic nitrogens is 1. The van der Waals surface area contributed by atoms with E-state index in [4.69, 9.17) is 21.6 Å². The summed E-state index contributed by atoms with van der Waals surface area (Å²) in [6, 6.07) is 10.7. The highest BCUT2D eigenvalue weighted by Crippen LogP contribution is 2.34. The number of esters is 1. The zero-order chi connectivity index (χ0) is 20.5. The number of ether oxygens (including phenoxy) is 1. The first-order valence-corrected chi connectivity index (χ1v) is 8.95. The second-order valence-electron chi connectivity index (χ2n) is 5.66. The molecule has 0 aliphatic heterocycles. The van der Waals surface area contributed by atoms with Crippen molar-refractivity contribution in [2.75, 3.05) is 0 Å². The Morgan fingerprint density at radius 1 is 1.21 bits per heavy atom. The van der Waals surface area contributed by atoms with Gasteiger partial charge in [-0.2, -0.15) is 18.4 Å². The number of thiazole rings is 1. The lowest BCUT2D eigenvalue weighted by molar-refractivity contribution is -0.137. The van der Waals surface area contributed by atoms with Crippen molar-refractivity contribution in [1.82, 2.24) is 4.98 Å². The zero-order valence-electron chi connectivity index (χ0n) is 14.2. The van der Waals surface area contributed by atoms with Crippen LogP contribution in [0.4, 0.5) is 13.2 Å². The Labute approximate surface area is 166 Å². The summed E-state index contributed by atoms with van der Waals surface area (Å²) in [6.07, 6.45) is -4.42. The maximum atomic E-state index is 12.7. The van der Waals surface area contributed by atoms with Gasteiger partial charge in [-0.1, -0.05) is 23.7 Å². The summed E-state index contributed by atoms with van der Waals surface area (Å²) in [7, 11) is 0. The van der Waals surface area contributed by atoms with Gasteiger partial charge in [0.15, 0.2) is 0 Å². The van der Waals surface area contributed by atoms with Crippen molar-refractivity contribution in [2.24, 2.45) is 0 Å². The van der Waals surface area contributed by atoms with Gasteiger partial charge < -0.3 is 4.74 Å². The predicted octanol–water partition coefficient (Wildman–Crippen LogP) is 5.88. The van der Waals surface area contributed by atoms with E-state index in [0.717, 1.165) is 23.5 Å². The van der Waals surface area contributed by atoms with Gasteiger partial charge in [0, 0.05) is 5.56 Å². The fraction of sp³-hybridized carbons (Fsp3) is 0.105. The van der Waals surface area contributed by atoms with Crippen LogP contribution in [0.1, 0.15) is 26.5 Å². The molecule has 2 aromatic carbocycles. The van der Waals surface area contributed by atoms with Crippen LogP contribution in [0.25, 0.3) is 10.6 Å². The molecule has 0 N–H and O–H groups in total. The van der Waals surface area contributed by atoms with E-state index in [1.807, 2.05) is 6.07 Å². The van der Waals surface area contributed by atoms with E-state index >= 15 is 0 Å². The molecule has 142 valence electrons. The van der Waals surface area contributed by atoms with Crippen LogP contribution < -0.4 is 4.74 Å². The first-order chi connectivity index (χ1) is 13.2. The van der Waals surface area contributed by atoms with Gasteiger partial charge in [0.1, 0.15) is 15.6 Å². The lowest BCUT2D eigenvalue weighted by Gasteiger charge is -2.06. The fourth-order valence-electron chi connectivity index (χ4n) is 2.31. The molecule has 28 heavy (non-hydrogen) atoms. The topological polar surface area (TPSA) is 63.0 Å². The first kappa shape index (κ1) is 19.9. The number of nitriles is 1. The third kappa shape index (κ3) is 4.16. The first-order valence-electron chi connectivity index (χ1n) is 7.76. The van der Waals surface area contributed by atoms with Crippen LogP contribution in [0.3, 0.4) is 0 Å². The number of hydrogen-bond donors (Lipinski definition) is 0. The standard InChI is InChI=1S/C19H10ClF3N2O2S/c1-10-16(18(26)27-15-7-2-11(9-24)8-14(15)20)28-17(25-10)12-3-5-13(6-4-12)19(21,22)23/h2-8H,1H3. The Balaban J connectivity index is 1.84. The molecule has 0 unspecified atom stereocenters. The highest BCUT2D eigenvalue weighted by Gasteiger charge is 2.30. The number of carbonyl (C=O) groups is 1. The zero-order valence-corrected chi connectivity index (χ0v) is 15.7. The third-order valence-corrected chi connectivity index (χ3v) is 5.19. The van der Waals surface area contributed by atoms with Crippen LogP contribution in [-0.2, 0) is 6.18 Å². The Kier molecular flexibility index (Phi) is 5.40. The Hall–Kier alpha value is -2.89. The van der Waals surface area contributed by atoms with Crippen LogP contribution >= 0.6 is 22.9 Å². The van der Waals surface area contributed by atoms with Crippen LogP contribution in [0.15, 0.2) is 42.5 Å². The highest BCUT2D eigenvalue weighted by atomic mass is 35.5. The second kappa shape index (κ2) is 7.62. The van der Waals surface area contributed by atoms with Gasteiger partial charge in [-0.15, -0.1) is 11.3 Å². The van der Waals surface area contributed by atoms with Crippen LogP contribution in [0, 0.1) is 18.3 Å². The highest BCUT2D eigenvalue weighted by molar-refractivity contribution is 7.17. The molecule has 0 fully saturated rings. The van der Waals surface area contributed by atoms with E-state index in [2.05, 4.69) is 4.98 Å². The number of nitrogens with zero attached hydrogens (tertiary/aromatic N) is 2. The molecule has 9 heteroatoms. The summed E-state index contributed by atoms with van der Waals surface area (Å²) in [5.74, 6) is -0.602. The molecule has 3 aromatic rings. The molecular weight excluding hydrogens is 413 g/mol. The minimum Gasteiger partial charge on any atom is -0.421 e. The summed E-state index contributed by atoms with van der Waals surface area (Å²) < 4.78 is 43.3. The minimum absolute atomic E-state index is 0.0922. The minimum atomic E-state index is -4.42. The van der Waals surface area contributed by atoms with Crippen molar-refractivity contribution in [3.05, 3.63) is 69.2 Å². The van der Waals surface area contributed by atoms with E-state index in [1.54, 1.807) is 6.92 Å². The van der Waals surface area contributed by atoms with Gasteiger partial charge in [0.2, 0.25) is 0 Å². The van der Waals surface area contributed by atoms with E-state index < -0.39 is 17.7 Å². The largest absolute Gasteiger partial charge is 0.421 e. The summed E-state index contributed by atoms with van der Waals surface area (Å²) in [4.78, 5) is 16.9. The maximum absolute atomic E-state index is 12.7. The molecule has 4 nitrogen and oxygen atoms in total. The van der Waals surface area contributed by atoms with Gasteiger partial charge in [0.05, 0.1) is 27.9 Å². The summed E-state index contributed by atoms with van der Waals surface area (Å²) in [6.45, 7) is 1.60. The molecule has 1 aromatic heterocycles. The summed E-state index contributed by atoms with van der Waals surface area (Å²) in [5.41, 5.74) is 0.397. The van der Waals surface area contributed by atoms with Crippen molar-refractivity contribution < 1.29 is 22.7 Å². The van der Waals surface area contributed by atoms with Crippen LogP contribution in [-0.4, -0.2) is 11.0 Å². The number of carbonyl (C=O) groups excluding carboxylic acids is 1. The van der Waals surface area contributed by atoms with Crippen molar-refractivity contribution in [3.63, 3.8) is 0 Å². The number of hydrogen-bond acceptors (Lipinski definition) is 5. The van der Waals surface area contributed by atoms with E-state index in [1.165, 1.54) is 30.3 Å².